The van der Waals surface area contributed by atoms with Gasteiger partial charge >= 0.3 is 0 Å². The average Bonchev–Trinajstić information content (AvgIpc) is 2.99. The Hall–Kier alpha value is -2.56. The lowest BCUT2D eigenvalue weighted by Gasteiger charge is -2.05. The molecule has 2 aromatic rings. The highest BCUT2D eigenvalue weighted by atomic mass is 16.2. The maximum absolute atomic E-state index is 12.1. The van der Waals surface area contributed by atoms with Crippen LogP contribution in [0.15, 0.2) is 36.7 Å². The van der Waals surface area contributed by atoms with E-state index < -0.39 is 0 Å². The smallest absolute Gasteiger partial charge is 0.251 e. The van der Waals surface area contributed by atoms with Gasteiger partial charge in [0.1, 0.15) is 0 Å². The maximum Gasteiger partial charge on any atom is 0.251 e. The number of hydrogen-bond acceptors (Lipinski definition) is 2. The van der Waals surface area contributed by atoms with Crippen molar-refractivity contribution in [3.05, 3.63) is 53.3 Å². The molecule has 2 heterocycles. The molecule has 0 bridgehead atoms. The van der Waals surface area contributed by atoms with Gasteiger partial charge in [-0.1, -0.05) is 0 Å². The van der Waals surface area contributed by atoms with Gasteiger partial charge in [0.15, 0.2) is 0 Å². The normalized spacial score (nSPS) is 12.9. The predicted octanol–water partition coefficient (Wildman–Crippen LogP) is 1.45. The second-order valence-electron chi connectivity index (χ2n) is 4.96. The predicted molar refractivity (Wildman–Crippen MR) is 75.4 cm³/mol. The van der Waals surface area contributed by atoms with Crippen molar-refractivity contribution in [3.8, 4) is 0 Å². The Kier molecular flexibility index (Phi) is 3.02. The first-order valence-corrected chi connectivity index (χ1v) is 6.43. The minimum Gasteiger partial charge on any atom is -0.357 e. The monoisotopic (exact) mass is 269 g/mol. The molecule has 0 unspecified atom stereocenters. The molecule has 0 spiro atoms. The minimum atomic E-state index is -0.129. The Morgan fingerprint density at radius 1 is 1.40 bits per heavy atom. The third-order valence-corrected chi connectivity index (χ3v) is 3.34. The molecule has 0 saturated heterocycles. The molecule has 0 radical (unpaired) electrons. The lowest BCUT2D eigenvalue weighted by molar-refractivity contribution is -0.115. The fourth-order valence-corrected chi connectivity index (χ4v) is 2.32. The van der Waals surface area contributed by atoms with Gasteiger partial charge in [-0.3, -0.25) is 9.59 Å². The summed E-state index contributed by atoms with van der Waals surface area (Å²) >= 11 is 0. The van der Waals surface area contributed by atoms with E-state index in [9.17, 15) is 9.59 Å². The van der Waals surface area contributed by atoms with E-state index in [-0.39, 0.29) is 11.8 Å². The van der Waals surface area contributed by atoms with E-state index in [4.69, 9.17) is 0 Å². The number of carbonyl (C=O) groups excluding carboxylic acids is 2. The van der Waals surface area contributed by atoms with Gasteiger partial charge in [0.2, 0.25) is 5.91 Å². The average molecular weight is 269 g/mol. The zero-order valence-electron chi connectivity index (χ0n) is 11.1. The van der Waals surface area contributed by atoms with Crippen molar-refractivity contribution in [2.75, 3.05) is 5.32 Å². The molecule has 0 fully saturated rings. The van der Waals surface area contributed by atoms with Crippen molar-refractivity contribution in [1.82, 2.24) is 9.88 Å². The summed E-state index contributed by atoms with van der Waals surface area (Å²) in [6, 6.07) is 7.24. The van der Waals surface area contributed by atoms with Crippen LogP contribution in [0.3, 0.4) is 0 Å². The topological polar surface area (TPSA) is 63.1 Å². The van der Waals surface area contributed by atoms with Crippen molar-refractivity contribution in [3.63, 3.8) is 0 Å². The Labute approximate surface area is 116 Å². The van der Waals surface area contributed by atoms with Crippen molar-refractivity contribution in [1.29, 1.82) is 0 Å². The second kappa shape index (κ2) is 4.85. The number of carbonyl (C=O) groups is 2. The van der Waals surface area contributed by atoms with Crippen LogP contribution < -0.4 is 10.6 Å². The number of amides is 2. The molecule has 5 heteroatoms. The molecule has 1 aromatic heterocycles. The Balaban J connectivity index is 1.69. The second-order valence-corrected chi connectivity index (χ2v) is 4.96. The van der Waals surface area contributed by atoms with Gasteiger partial charge in [0.05, 0.1) is 6.42 Å². The summed E-state index contributed by atoms with van der Waals surface area (Å²) in [4.78, 5) is 23.4. The molecule has 1 aliphatic rings. The molecule has 1 aromatic carbocycles. The van der Waals surface area contributed by atoms with Crippen LogP contribution in [0.1, 0.15) is 21.5 Å². The van der Waals surface area contributed by atoms with Crippen LogP contribution in [0.5, 0.6) is 0 Å². The molecule has 0 saturated carbocycles. The number of anilines is 1. The molecule has 5 nitrogen and oxygen atoms in total. The van der Waals surface area contributed by atoms with Gasteiger partial charge in [-0.15, -0.1) is 0 Å². The zero-order valence-corrected chi connectivity index (χ0v) is 11.1. The van der Waals surface area contributed by atoms with Crippen LogP contribution in [0.2, 0.25) is 0 Å². The fourth-order valence-electron chi connectivity index (χ4n) is 2.32. The zero-order chi connectivity index (χ0) is 14.1. The van der Waals surface area contributed by atoms with E-state index in [2.05, 4.69) is 10.6 Å². The molecule has 102 valence electrons. The highest BCUT2D eigenvalue weighted by Crippen LogP contribution is 2.23. The molecule has 2 amide bonds. The number of aryl methyl sites for hydroxylation is 1. The highest BCUT2D eigenvalue weighted by molar-refractivity contribution is 6.01. The Morgan fingerprint density at radius 2 is 2.25 bits per heavy atom. The van der Waals surface area contributed by atoms with Gasteiger partial charge in [0.25, 0.3) is 5.91 Å². The summed E-state index contributed by atoms with van der Waals surface area (Å²) in [7, 11) is 1.94. The molecule has 20 heavy (non-hydrogen) atoms. The number of benzene rings is 1. The van der Waals surface area contributed by atoms with E-state index in [1.54, 1.807) is 18.2 Å². The van der Waals surface area contributed by atoms with E-state index >= 15 is 0 Å². The van der Waals surface area contributed by atoms with E-state index in [0.29, 0.717) is 18.5 Å². The number of fused-ring (bicyclic) bond motifs is 1. The molecule has 0 atom stereocenters. The Bertz CT molecular complexity index is 688. The van der Waals surface area contributed by atoms with Gasteiger partial charge in [-0.2, -0.15) is 0 Å². The van der Waals surface area contributed by atoms with Gasteiger partial charge < -0.3 is 15.2 Å². The largest absolute Gasteiger partial charge is 0.357 e. The number of aromatic nitrogens is 1. The first-order valence-electron chi connectivity index (χ1n) is 6.43. The minimum absolute atomic E-state index is 0.0261. The quantitative estimate of drug-likeness (QED) is 0.886. The van der Waals surface area contributed by atoms with E-state index in [0.717, 1.165) is 16.8 Å². The number of nitrogens with one attached hydrogen (secondary N) is 2. The fraction of sp³-hybridized carbons (Fsp3) is 0.200. The lowest BCUT2D eigenvalue weighted by Crippen LogP contribution is -2.22. The van der Waals surface area contributed by atoms with E-state index in [1.807, 2.05) is 30.1 Å². The first-order chi connectivity index (χ1) is 9.61. The summed E-state index contributed by atoms with van der Waals surface area (Å²) in [5.41, 5.74) is 3.31. The number of hydrogen-bond donors (Lipinski definition) is 2. The standard InChI is InChI=1S/C15H15N3O2/c1-18-5-4-10(9-18)8-16-15(20)11-2-3-13-12(6-11)7-14(19)17-13/h2-6,9H,7-8H2,1H3,(H,16,20)(H,17,19). The molecular weight excluding hydrogens is 254 g/mol. The van der Waals surface area contributed by atoms with Crippen LogP contribution in [0.25, 0.3) is 0 Å². The number of nitrogens with zero attached hydrogens (tertiary/aromatic N) is 1. The molecule has 0 aliphatic carbocycles. The van der Waals surface area contributed by atoms with Crippen LogP contribution in [0, 0.1) is 0 Å². The van der Waals surface area contributed by atoms with E-state index in [1.165, 1.54) is 0 Å². The summed E-state index contributed by atoms with van der Waals surface area (Å²) in [6.45, 7) is 0.494. The van der Waals surface area contributed by atoms with Crippen molar-refractivity contribution >= 4 is 17.5 Å². The third-order valence-electron chi connectivity index (χ3n) is 3.34. The van der Waals surface area contributed by atoms with Gasteiger partial charge in [-0.05, 0) is 35.4 Å². The summed E-state index contributed by atoms with van der Waals surface area (Å²) in [6.07, 6.45) is 4.24. The van der Waals surface area contributed by atoms with Crippen LogP contribution in [0.4, 0.5) is 5.69 Å². The van der Waals surface area contributed by atoms with Gasteiger partial charge in [-0.25, -0.2) is 0 Å². The third kappa shape index (κ3) is 2.42. The summed E-state index contributed by atoms with van der Waals surface area (Å²) in [5, 5.41) is 5.62. The summed E-state index contributed by atoms with van der Waals surface area (Å²) in [5.74, 6) is -0.155. The lowest BCUT2D eigenvalue weighted by atomic mass is 10.1. The summed E-state index contributed by atoms with van der Waals surface area (Å²) < 4.78 is 1.94. The van der Waals surface area contributed by atoms with Crippen molar-refractivity contribution in [2.45, 2.75) is 13.0 Å². The maximum atomic E-state index is 12.1. The molecular formula is C15H15N3O2. The van der Waals surface area contributed by atoms with Crippen molar-refractivity contribution in [2.24, 2.45) is 7.05 Å². The Morgan fingerprint density at radius 3 is 3.00 bits per heavy atom. The van der Waals surface area contributed by atoms with Crippen LogP contribution in [-0.4, -0.2) is 16.4 Å². The van der Waals surface area contributed by atoms with Crippen molar-refractivity contribution < 1.29 is 9.59 Å². The van der Waals surface area contributed by atoms with Gasteiger partial charge in [0, 0.05) is 37.2 Å². The SMILES string of the molecule is Cn1ccc(CNC(=O)c2ccc3c(c2)CC(=O)N3)c1. The number of rotatable bonds is 3. The molecule has 2 N–H and O–H groups in total. The molecule has 3 rings (SSSR count). The highest BCUT2D eigenvalue weighted by Gasteiger charge is 2.18. The van der Waals surface area contributed by atoms with Crippen LogP contribution in [-0.2, 0) is 24.8 Å². The molecule has 1 aliphatic heterocycles. The first kappa shape index (κ1) is 12.5. The van der Waals surface area contributed by atoms with Crippen LogP contribution >= 0.6 is 0 Å².